The number of hydrogen-bond donors (Lipinski definition) is 1. The predicted octanol–water partition coefficient (Wildman–Crippen LogP) is 5.93. The first-order chi connectivity index (χ1) is 10.2. The van der Waals surface area contributed by atoms with E-state index in [0.29, 0.717) is 11.8 Å². The van der Waals surface area contributed by atoms with Crippen molar-refractivity contribution >= 4 is 33.2 Å². The van der Waals surface area contributed by atoms with Crippen LogP contribution < -0.4 is 5.32 Å². The molecule has 0 saturated carbocycles. The molecule has 106 valence electrons. The van der Waals surface area contributed by atoms with Gasteiger partial charge in [-0.2, -0.15) is 0 Å². The summed E-state index contributed by atoms with van der Waals surface area (Å²) in [7, 11) is 0. The Morgan fingerprint density at radius 1 is 1.10 bits per heavy atom. The van der Waals surface area contributed by atoms with Crippen LogP contribution in [-0.4, -0.2) is 0 Å². The van der Waals surface area contributed by atoms with E-state index in [2.05, 4.69) is 63.7 Å². The lowest BCUT2D eigenvalue weighted by Gasteiger charge is -2.38. The molecule has 1 heterocycles. The van der Waals surface area contributed by atoms with Crippen molar-refractivity contribution in [2.24, 2.45) is 5.92 Å². The molecule has 1 N–H and O–H groups in total. The van der Waals surface area contributed by atoms with Crippen molar-refractivity contribution in [2.75, 3.05) is 5.32 Å². The lowest BCUT2D eigenvalue weighted by Crippen LogP contribution is -2.29. The molecule has 1 aliphatic carbocycles. The molecule has 0 fully saturated rings. The second-order valence-corrected chi connectivity index (χ2v) is 7.05. The fourth-order valence-electron chi connectivity index (χ4n) is 3.60. The summed E-state index contributed by atoms with van der Waals surface area (Å²) < 4.78 is 1.14. The van der Waals surface area contributed by atoms with E-state index in [9.17, 15) is 0 Å². The normalized spacial score (nSPS) is 26.1. The van der Waals surface area contributed by atoms with Gasteiger partial charge in [-0.15, -0.1) is 0 Å². The summed E-state index contributed by atoms with van der Waals surface area (Å²) in [5.41, 5.74) is 3.80. The SMILES string of the molecule is Clc1ccccc1[C@@H]1Nc2ccc(Br)cc2[C@H]2C=CC[C@@H]21. The fourth-order valence-corrected chi connectivity index (χ4v) is 4.23. The molecule has 0 spiro atoms. The molecule has 1 nitrogen and oxygen atoms in total. The highest BCUT2D eigenvalue weighted by Gasteiger charge is 2.38. The molecule has 0 saturated heterocycles. The number of anilines is 1. The van der Waals surface area contributed by atoms with Crippen LogP contribution >= 0.6 is 27.5 Å². The molecule has 1 aliphatic heterocycles. The van der Waals surface area contributed by atoms with Gasteiger partial charge in [0.1, 0.15) is 0 Å². The zero-order chi connectivity index (χ0) is 14.4. The largest absolute Gasteiger partial charge is 0.378 e. The second kappa shape index (κ2) is 5.19. The van der Waals surface area contributed by atoms with Gasteiger partial charge in [-0.1, -0.05) is 57.9 Å². The van der Waals surface area contributed by atoms with Crippen LogP contribution in [0, 0.1) is 5.92 Å². The molecule has 0 bridgehead atoms. The van der Waals surface area contributed by atoms with Crippen LogP contribution in [0.1, 0.15) is 29.5 Å². The van der Waals surface area contributed by atoms with E-state index in [1.165, 1.54) is 16.8 Å². The third kappa shape index (κ3) is 2.21. The smallest absolute Gasteiger partial charge is 0.0568 e. The minimum absolute atomic E-state index is 0.271. The Morgan fingerprint density at radius 3 is 2.81 bits per heavy atom. The molecule has 3 atom stereocenters. The van der Waals surface area contributed by atoms with Crippen LogP contribution in [0.4, 0.5) is 5.69 Å². The van der Waals surface area contributed by atoms with Crippen molar-refractivity contribution in [3.8, 4) is 0 Å². The Hall–Kier alpha value is -1.25. The fraction of sp³-hybridized carbons (Fsp3) is 0.222. The van der Waals surface area contributed by atoms with Gasteiger partial charge >= 0.3 is 0 Å². The van der Waals surface area contributed by atoms with Crippen LogP contribution in [0.2, 0.25) is 5.02 Å². The lowest BCUT2D eigenvalue weighted by molar-refractivity contribution is 0.425. The molecule has 0 aromatic heterocycles. The van der Waals surface area contributed by atoms with E-state index < -0.39 is 0 Å². The first-order valence-corrected chi connectivity index (χ1v) is 8.38. The van der Waals surface area contributed by atoms with Crippen molar-refractivity contribution < 1.29 is 0 Å². The standard InChI is InChI=1S/C18H15BrClN/c19-11-8-9-17-15(10-11)12-5-3-6-13(12)18(21-17)14-4-1-2-7-16(14)20/h1-5,7-10,12-13,18,21H,6H2/t12-,13-,18+/m0/s1. The Bertz CT molecular complexity index is 725. The minimum Gasteiger partial charge on any atom is -0.378 e. The summed E-state index contributed by atoms with van der Waals surface area (Å²) in [4.78, 5) is 0. The molecule has 2 aromatic rings. The van der Waals surface area contributed by atoms with E-state index in [-0.39, 0.29) is 6.04 Å². The monoisotopic (exact) mass is 359 g/mol. The average molecular weight is 361 g/mol. The van der Waals surface area contributed by atoms with Crippen molar-refractivity contribution in [3.05, 3.63) is 75.2 Å². The molecular weight excluding hydrogens is 346 g/mol. The van der Waals surface area contributed by atoms with Crippen molar-refractivity contribution in [2.45, 2.75) is 18.4 Å². The highest BCUT2D eigenvalue weighted by molar-refractivity contribution is 9.10. The summed E-state index contributed by atoms with van der Waals surface area (Å²) in [5.74, 6) is 1.01. The third-order valence-electron chi connectivity index (χ3n) is 4.57. The van der Waals surface area contributed by atoms with E-state index in [0.717, 1.165) is 15.9 Å². The maximum absolute atomic E-state index is 6.43. The zero-order valence-corrected chi connectivity index (χ0v) is 13.7. The van der Waals surface area contributed by atoms with Gasteiger partial charge in [-0.3, -0.25) is 0 Å². The summed E-state index contributed by atoms with van der Waals surface area (Å²) >= 11 is 10.0. The minimum atomic E-state index is 0.271. The van der Waals surface area contributed by atoms with Gasteiger partial charge in [0.25, 0.3) is 0 Å². The molecule has 2 aromatic carbocycles. The number of rotatable bonds is 1. The second-order valence-electron chi connectivity index (χ2n) is 5.73. The number of allylic oxidation sites excluding steroid dienone is 2. The molecule has 2 aliphatic rings. The molecular formula is C18H15BrClN. The van der Waals surface area contributed by atoms with E-state index in [1.54, 1.807) is 0 Å². The van der Waals surface area contributed by atoms with Gasteiger partial charge in [-0.05, 0) is 47.7 Å². The predicted molar refractivity (Wildman–Crippen MR) is 91.9 cm³/mol. The third-order valence-corrected chi connectivity index (χ3v) is 5.40. The molecule has 0 radical (unpaired) electrons. The van der Waals surface area contributed by atoms with E-state index in [1.807, 2.05) is 12.1 Å². The van der Waals surface area contributed by atoms with Gasteiger partial charge in [-0.25, -0.2) is 0 Å². The van der Waals surface area contributed by atoms with Gasteiger partial charge in [0.2, 0.25) is 0 Å². The van der Waals surface area contributed by atoms with Gasteiger partial charge in [0.15, 0.2) is 0 Å². The number of fused-ring (bicyclic) bond motifs is 3. The molecule has 3 heteroatoms. The Balaban J connectivity index is 1.82. The first-order valence-electron chi connectivity index (χ1n) is 7.21. The van der Waals surface area contributed by atoms with Crippen molar-refractivity contribution in [1.29, 1.82) is 0 Å². The Morgan fingerprint density at radius 2 is 1.95 bits per heavy atom. The Labute approximate surface area is 138 Å². The van der Waals surface area contributed by atoms with Crippen LogP contribution in [0.25, 0.3) is 0 Å². The molecule has 4 rings (SSSR count). The quantitative estimate of drug-likeness (QED) is 0.622. The number of benzene rings is 2. The van der Waals surface area contributed by atoms with Gasteiger partial charge in [0, 0.05) is 21.1 Å². The summed E-state index contributed by atoms with van der Waals surface area (Å²) in [5, 5.41) is 4.56. The van der Waals surface area contributed by atoms with Gasteiger partial charge in [0.05, 0.1) is 6.04 Å². The molecule has 0 unspecified atom stereocenters. The highest BCUT2D eigenvalue weighted by Crippen LogP contribution is 2.51. The zero-order valence-electron chi connectivity index (χ0n) is 11.4. The first kappa shape index (κ1) is 13.4. The maximum Gasteiger partial charge on any atom is 0.0568 e. The topological polar surface area (TPSA) is 12.0 Å². The van der Waals surface area contributed by atoms with Crippen molar-refractivity contribution in [3.63, 3.8) is 0 Å². The number of nitrogens with one attached hydrogen (secondary N) is 1. The van der Waals surface area contributed by atoms with Crippen LogP contribution in [0.3, 0.4) is 0 Å². The van der Waals surface area contributed by atoms with E-state index in [4.69, 9.17) is 11.6 Å². The summed E-state index contributed by atoms with van der Waals surface area (Å²) in [6.45, 7) is 0. The van der Waals surface area contributed by atoms with Crippen LogP contribution in [0.5, 0.6) is 0 Å². The van der Waals surface area contributed by atoms with Crippen LogP contribution in [0.15, 0.2) is 59.1 Å². The summed E-state index contributed by atoms with van der Waals surface area (Å²) in [6.07, 6.45) is 5.75. The maximum atomic E-state index is 6.43. The molecule has 21 heavy (non-hydrogen) atoms. The number of hydrogen-bond acceptors (Lipinski definition) is 1. The highest BCUT2D eigenvalue weighted by atomic mass is 79.9. The molecule has 0 amide bonds. The summed E-state index contributed by atoms with van der Waals surface area (Å²) in [6, 6.07) is 14.9. The lowest BCUT2D eigenvalue weighted by atomic mass is 9.77. The van der Waals surface area contributed by atoms with Crippen LogP contribution in [-0.2, 0) is 0 Å². The number of halogens is 2. The van der Waals surface area contributed by atoms with Crippen molar-refractivity contribution in [1.82, 2.24) is 0 Å². The van der Waals surface area contributed by atoms with E-state index >= 15 is 0 Å². The Kier molecular flexibility index (Phi) is 3.31. The average Bonchev–Trinajstić information content (AvgIpc) is 2.97. The van der Waals surface area contributed by atoms with Gasteiger partial charge < -0.3 is 5.32 Å².